The van der Waals surface area contributed by atoms with E-state index in [4.69, 9.17) is 0 Å². The number of hydrogen-bond donors (Lipinski definition) is 1. The largest absolute Gasteiger partial charge is 0.310 e. The van der Waals surface area contributed by atoms with E-state index in [0.717, 1.165) is 19.6 Å². The highest BCUT2D eigenvalue weighted by atomic mass is 15.1. The molecule has 0 aromatic heterocycles. The van der Waals surface area contributed by atoms with Crippen LogP contribution in [0, 0.1) is 6.92 Å². The molecule has 1 aromatic carbocycles. The van der Waals surface area contributed by atoms with Gasteiger partial charge in [-0.15, -0.1) is 0 Å². The zero-order chi connectivity index (χ0) is 12.7. The van der Waals surface area contributed by atoms with E-state index < -0.39 is 0 Å². The fraction of sp³-hybridized carbons (Fsp3) is 0.600. The molecule has 1 unspecified atom stereocenters. The molecule has 0 aliphatic carbocycles. The fourth-order valence-corrected chi connectivity index (χ4v) is 2.03. The Balaban J connectivity index is 2.64. The van der Waals surface area contributed by atoms with Gasteiger partial charge in [-0.3, -0.25) is 0 Å². The lowest BCUT2D eigenvalue weighted by Gasteiger charge is -2.22. The van der Waals surface area contributed by atoms with Crippen LogP contribution in [0.3, 0.4) is 0 Å². The van der Waals surface area contributed by atoms with Crippen molar-refractivity contribution in [1.82, 2.24) is 10.2 Å². The molecule has 0 heterocycles. The molecule has 0 aliphatic rings. The van der Waals surface area contributed by atoms with Crippen LogP contribution in [0.25, 0.3) is 0 Å². The third-order valence-corrected chi connectivity index (χ3v) is 3.23. The fourth-order valence-electron chi connectivity index (χ4n) is 2.03. The summed E-state index contributed by atoms with van der Waals surface area (Å²) in [7, 11) is 2.18. The van der Waals surface area contributed by atoms with Gasteiger partial charge in [-0.05, 0) is 45.6 Å². The Labute approximate surface area is 106 Å². The van der Waals surface area contributed by atoms with Crippen molar-refractivity contribution in [2.24, 2.45) is 0 Å². The van der Waals surface area contributed by atoms with Crippen molar-refractivity contribution in [3.8, 4) is 0 Å². The van der Waals surface area contributed by atoms with Gasteiger partial charge in [-0.2, -0.15) is 0 Å². The molecule has 2 nitrogen and oxygen atoms in total. The predicted molar refractivity (Wildman–Crippen MR) is 75.4 cm³/mol. The Morgan fingerprint density at radius 1 is 1.29 bits per heavy atom. The summed E-state index contributed by atoms with van der Waals surface area (Å²) in [6, 6.07) is 9.31. The average molecular weight is 234 g/mol. The van der Waals surface area contributed by atoms with Crippen molar-refractivity contribution < 1.29 is 0 Å². The van der Waals surface area contributed by atoms with E-state index in [2.05, 4.69) is 62.3 Å². The molecular weight excluding hydrogens is 208 g/mol. The van der Waals surface area contributed by atoms with Crippen molar-refractivity contribution in [3.05, 3.63) is 35.4 Å². The van der Waals surface area contributed by atoms with Crippen LogP contribution in [0.15, 0.2) is 24.3 Å². The summed E-state index contributed by atoms with van der Waals surface area (Å²) in [4.78, 5) is 2.36. The molecule has 17 heavy (non-hydrogen) atoms. The highest BCUT2D eigenvalue weighted by Crippen LogP contribution is 2.18. The molecule has 1 aromatic rings. The second-order valence-electron chi connectivity index (χ2n) is 4.71. The van der Waals surface area contributed by atoms with Gasteiger partial charge in [0.25, 0.3) is 0 Å². The van der Waals surface area contributed by atoms with Crippen LogP contribution in [-0.2, 0) is 0 Å². The number of nitrogens with one attached hydrogen (secondary N) is 1. The summed E-state index contributed by atoms with van der Waals surface area (Å²) < 4.78 is 0. The van der Waals surface area contributed by atoms with Gasteiger partial charge in [0.15, 0.2) is 0 Å². The molecule has 0 fully saturated rings. The molecule has 0 saturated heterocycles. The summed E-state index contributed by atoms with van der Waals surface area (Å²) in [6.45, 7) is 9.81. The number of hydrogen-bond acceptors (Lipinski definition) is 2. The van der Waals surface area contributed by atoms with E-state index in [-0.39, 0.29) is 0 Å². The van der Waals surface area contributed by atoms with Crippen LogP contribution in [0.5, 0.6) is 0 Å². The van der Waals surface area contributed by atoms with E-state index in [1.165, 1.54) is 17.5 Å². The maximum absolute atomic E-state index is 3.58. The minimum absolute atomic E-state index is 0.480. The van der Waals surface area contributed by atoms with Crippen LogP contribution >= 0.6 is 0 Å². The number of rotatable bonds is 7. The average Bonchev–Trinajstić information content (AvgIpc) is 2.34. The predicted octanol–water partition coefficient (Wildman–Crippen LogP) is 2.99. The lowest BCUT2D eigenvalue weighted by atomic mass is 10.0. The molecule has 2 heteroatoms. The second-order valence-corrected chi connectivity index (χ2v) is 4.71. The molecule has 0 saturated carbocycles. The summed E-state index contributed by atoms with van der Waals surface area (Å²) in [5.74, 6) is 0. The van der Waals surface area contributed by atoms with Gasteiger partial charge in [0, 0.05) is 6.04 Å². The van der Waals surface area contributed by atoms with Gasteiger partial charge in [0.05, 0.1) is 0 Å². The molecule has 0 spiro atoms. The molecular formula is C15H26N2. The first-order valence-corrected chi connectivity index (χ1v) is 6.65. The zero-order valence-electron chi connectivity index (χ0n) is 11.7. The van der Waals surface area contributed by atoms with Gasteiger partial charge in [0.2, 0.25) is 0 Å². The maximum Gasteiger partial charge on any atom is 0.0332 e. The van der Waals surface area contributed by atoms with Crippen LogP contribution in [-0.4, -0.2) is 31.6 Å². The minimum atomic E-state index is 0.480. The lowest BCUT2D eigenvalue weighted by molar-refractivity contribution is 0.322. The smallest absolute Gasteiger partial charge is 0.0332 e. The maximum atomic E-state index is 3.58. The standard InChI is InChI=1S/C15H26N2/c1-5-16-15(10-11-17(4)6-2)14-9-7-8-13(3)12-14/h7-9,12,15-16H,5-6,10-11H2,1-4H3. The normalized spacial score (nSPS) is 13.0. The van der Waals surface area contributed by atoms with Crippen molar-refractivity contribution in [2.45, 2.75) is 33.2 Å². The van der Waals surface area contributed by atoms with E-state index in [9.17, 15) is 0 Å². The second kappa shape index (κ2) is 7.46. The quantitative estimate of drug-likeness (QED) is 0.780. The molecule has 0 aliphatic heterocycles. The monoisotopic (exact) mass is 234 g/mol. The van der Waals surface area contributed by atoms with E-state index >= 15 is 0 Å². The summed E-state index contributed by atoms with van der Waals surface area (Å²) in [5, 5.41) is 3.58. The SMILES string of the molecule is CCNC(CCN(C)CC)c1cccc(C)c1. The third kappa shape index (κ3) is 4.88. The minimum Gasteiger partial charge on any atom is -0.310 e. The third-order valence-electron chi connectivity index (χ3n) is 3.23. The summed E-state index contributed by atoms with van der Waals surface area (Å²) in [6.07, 6.45) is 1.17. The first-order chi connectivity index (χ1) is 8.17. The van der Waals surface area contributed by atoms with Gasteiger partial charge in [-0.1, -0.05) is 43.7 Å². The number of nitrogens with zero attached hydrogens (tertiary/aromatic N) is 1. The van der Waals surface area contributed by atoms with E-state index in [1.807, 2.05) is 0 Å². The lowest BCUT2D eigenvalue weighted by Crippen LogP contribution is -2.27. The first-order valence-electron chi connectivity index (χ1n) is 6.65. The summed E-state index contributed by atoms with van der Waals surface area (Å²) >= 11 is 0. The van der Waals surface area contributed by atoms with Crippen LogP contribution in [0.4, 0.5) is 0 Å². The van der Waals surface area contributed by atoms with Crippen molar-refractivity contribution in [1.29, 1.82) is 0 Å². The Bertz CT molecular complexity index is 322. The molecule has 1 N–H and O–H groups in total. The van der Waals surface area contributed by atoms with Crippen LogP contribution in [0.1, 0.15) is 37.4 Å². The number of aryl methyl sites for hydroxylation is 1. The number of benzene rings is 1. The van der Waals surface area contributed by atoms with Gasteiger partial charge >= 0.3 is 0 Å². The van der Waals surface area contributed by atoms with Crippen LogP contribution in [0.2, 0.25) is 0 Å². The molecule has 0 amide bonds. The Morgan fingerprint density at radius 2 is 2.06 bits per heavy atom. The molecule has 1 atom stereocenters. The molecule has 0 bridgehead atoms. The summed E-state index contributed by atoms with van der Waals surface area (Å²) in [5.41, 5.74) is 2.76. The van der Waals surface area contributed by atoms with Crippen LogP contribution < -0.4 is 5.32 Å². The Hall–Kier alpha value is -0.860. The Kier molecular flexibility index (Phi) is 6.23. The Morgan fingerprint density at radius 3 is 2.65 bits per heavy atom. The van der Waals surface area contributed by atoms with Crippen molar-refractivity contribution >= 4 is 0 Å². The highest BCUT2D eigenvalue weighted by Gasteiger charge is 2.10. The molecule has 96 valence electrons. The van der Waals surface area contributed by atoms with Gasteiger partial charge < -0.3 is 10.2 Å². The van der Waals surface area contributed by atoms with Crippen molar-refractivity contribution in [3.63, 3.8) is 0 Å². The highest BCUT2D eigenvalue weighted by molar-refractivity contribution is 5.25. The topological polar surface area (TPSA) is 15.3 Å². The first kappa shape index (κ1) is 14.2. The van der Waals surface area contributed by atoms with E-state index in [1.54, 1.807) is 0 Å². The van der Waals surface area contributed by atoms with Gasteiger partial charge in [-0.25, -0.2) is 0 Å². The zero-order valence-corrected chi connectivity index (χ0v) is 11.7. The van der Waals surface area contributed by atoms with Gasteiger partial charge in [0.1, 0.15) is 0 Å². The van der Waals surface area contributed by atoms with E-state index in [0.29, 0.717) is 6.04 Å². The molecule has 1 rings (SSSR count). The molecule has 0 radical (unpaired) electrons. The van der Waals surface area contributed by atoms with Crippen molar-refractivity contribution in [2.75, 3.05) is 26.7 Å².